The van der Waals surface area contributed by atoms with Crippen molar-refractivity contribution in [2.45, 2.75) is 63.9 Å². The highest BCUT2D eigenvalue weighted by molar-refractivity contribution is 7.89. The summed E-state index contributed by atoms with van der Waals surface area (Å²) >= 11 is 0. The van der Waals surface area contributed by atoms with Crippen LogP contribution in [-0.2, 0) is 21.2 Å². The van der Waals surface area contributed by atoms with Crippen molar-refractivity contribution in [2.24, 2.45) is 0 Å². The Kier molecular flexibility index (Phi) is 6.14. The largest absolute Gasteiger partial charge is 0.351 e. The van der Waals surface area contributed by atoms with Crippen LogP contribution in [0.2, 0.25) is 0 Å². The molecule has 124 valence electrons. The highest BCUT2D eigenvalue weighted by Crippen LogP contribution is 2.12. The van der Waals surface area contributed by atoms with Crippen molar-refractivity contribution < 1.29 is 13.2 Å². The lowest BCUT2D eigenvalue weighted by molar-refractivity contribution is -0.122. The molecule has 0 fully saturated rings. The molecule has 22 heavy (non-hydrogen) atoms. The number of sulfonamides is 1. The average molecular weight is 326 g/mol. The van der Waals surface area contributed by atoms with E-state index in [1.807, 2.05) is 20.8 Å². The standard InChI is InChI=1S/C16H26N2O3S/c1-12(2)18-22(20,21)14-9-6-13(7-10-14)8-11-15(19)17-16(3,4)5/h6-7,9-10,12,18H,8,11H2,1-5H3,(H,17,19). The van der Waals surface area contributed by atoms with Crippen LogP contribution in [0.5, 0.6) is 0 Å². The average Bonchev–Trinajstić information content (AvgIpc) is 2.33. The molecule has 2 N–H and O–H groups in total. The van der Waals surface area contributed by atoms with Crippen molar-refractivity contribution in [2.75, 3.05) is 0 Å². The van der Waals surface area contributed by atoms with Gasteiger partial charge in [0.05, 0.1) is 4.90 Å². The van der Waals surface area contributed by atoms with E-state index in [1.165, 1.54) is 0 Å². The van der Waals surface area contributed by atoms with E-state index in [0.29, 0.717) is 12.8 Å². The first-order chi connectivity index (χ1) is 9.99. The molecule has 1 rings (SSSR count). The summed E-state index contributed by atoms with van der Waals surface area (Å²) in [5.41, 5.74) is 0.699. The van der Waals surface area contributed by atoms with Gasteiger partial charge in [0.1, 0.15) is 0 Å². The van der Waals surface area contributed by atoms with Crippen molar-refractivity contribution in [1.82, 2.24) is 10.0 Å². The molecule has 0 aliphatic rings. The maximum absolute atomic E-state index is 12.0. The second-order valence-corrected chi connectivity index (χ2v) is 8.43. The maximum Gasteiger partial charge on any atom is 0.240 e. The lowest BCUT2D eigenvalue weighted by Gasteiger charge is -2.20. The first-order valence-corrected chi connectivity index (χ1v) is 8.90. The molecule has 0 saturated carbocycles. The lowest BCUT2D eigenvalue weighted by atomic mass is 10.1. The Bertz CT molecular complexity index is 599. The monoisotopic (exact) mass is 326 g/mol. The fourth-order valence-corrected chi connectivity index (χ4v) is 3.20. The Labute approximate surface area is 133 Å². The Hall–Kier alpha value is -1.40. The number of carbonyl (C=O) groups is 1. The number of hydrogen-bond donors (Lipinski definition) is 2. The molecule has 5 nitrogen and oxygen atoms in total. The minimum atomic E-state index is -3.46. The summed E-state index contributed by atoms with van der Waals surface area (Å²) in [7, 11) is -3.46. The Morgan fingerprint density at radius 3 is 2.14 bits per heavy atom. The molecule has 0 aliphatic carbocycles. The third-order valence-corrected chi connectivity index (χ3v) is 4.45. The minimum Gasteiger partial charge on any atom is -0.351 e. The second kappa shape index (κ2) is 7.24. The summed E-state index contributed by atoms with van der Waals surface area (Å²) in [5, 5.41) is 2.90. The van der Waals surface area contributed by atoms with Crippen LogP contribution in [0.1, 0.15) is 46.6 Å². The fourth-order valence-electron chi connectivity index (χ4n) is 1.95. The van der Waals surface area contributed by atoms with Gasteiger partial charge in [-0.25, -0.2) is 13.1 Å². The third-order valence-electron chi connectivity index (χ3n) is 2.78. The second-order valence-electron chi connectivity index (χ2n) is 6.72. The van der Waals surface area contributed by atoms with Crippen molar-refractivity contribution in [3.05, 3.63) is 29.8 Å². The SMILES string of the molecule is CC(C)NS(=O)(=O)c1ccc(CCC(=O)NC(C)(C)C)cc1. The molecule has 1 amide bonds. The Balaban J connectivity index is 2.65. The van der Waals surface area contributed by atoms with Gasteiger partial charge in [-0.05, 0) is 58.7 Å². The van der Waals surface area contributed by atoms with E-state index in [-0.39, 0.29) is 22.4 Å². The zero-order valence-corrected chi connectivity index (χ0v) is 14.8. The molecule has 0 spiro atoms. The first kappa shape index (κ1) is 18.6. The molecule has 0 aliphatic heterocycles. The highest BCUT2D eigenvalue weighted by Gasteiger charge is 2.16. The zero-order valence-electron chi connectivity index (χ0n) is 13.9. The molecule has 0 atom stereocenters. The van der Waals surface area contributed by atoms with E-state index < -0.39 is 10.0 Å². The molecular weight excluding hydrogens is 300 g/mol. The van der Waals surface area contributed by atoms with Gasteiger partial charge in [0, 0.05) is 18.0 Å². The van der Waals surface area contributed by atoms with Gasteiger partial charge in [-0.2, -0.15) is 0 Å². The number of nitrogens with one attached hydrogen (secondary N) is 2. The van der Waals surface area contributed by atoms with Gasteiger partial charge in [0.15, 0.2) is 0 Å². The van der Waals surface area contributed by atoms with Gasteiger partial charge < -0.3 is 5.32 Å². The van der Waals surface area contributed by atoms with E-state index >= 15 is 0 Å². The molecule has 1 aromatic carbocycles. The Morgan fingerprint density at radius 1 is 1.14 bits per heavy atom. The van der Waals surface area contributed by atoms with Crippen LogP contribution in [-0.4, -0.2) is 25.9 Å². The van der Waals surface area contributed by atoms with Gasteiger partial charge in [-0.1, -0.05) is 12.1 Å². The number of carbonyl (C=O) groups excluding carboxylic acids is 1. The minimum absolute atomic E-state index is 0.00864. The predicted octanol–water partition coefficient (Wildman–Crippen LogP) is 2.22. The predicted molar refractivity (Wildman–Crippen MR) is 88.1 cm³/mol. The van der Waals surface area contributed by atoms with Crippen LogP contribution >= 0.6 is 0 Å². The Morgan fingerprint density at radius 2 is 1.68 bits per heavy atom. The molecule has 0 heterocycles. The lowest BCUT2D eigenvalue weighted by Crippen LogP contribution is -2.40. The summed E-state index contributed by atoms with van der Waals surface area (Å²) < 4.78 is 26.5. The van der Waals surface area contributed by atoms with E-state index in [1.54, 1.807) is 38.1 Å². The first-order valence-electron chi connectivity index (χ1n) is 7.42. The summed E-state index contributed by atoms with van der Waals surface area (Å²) in [6.07, 6.45) is 0.966. The summed E-state index contributed by atoms with van der Waals surface area (Å²) in [5.74, 6) is -0.00864. The number of hydrogen-bond acceptors (Lipinski definition) is 3. The van der Waals surface area contributed by atoms with Gasteiger partial charge in [-0.15, -0.1) is 0 Å². The van der Waals surface area contributed by atoms with Crippen molar-refractivity contribution >= 4 is 15.9 Å². The van der Waals surface area contributed by atoms with E-state index in [2.05, 4.69) is 10.0 Å². The van der Waals surface area contributed by atoms with Crippen LogP contribution in [0.3, 0.4) is 0 Å². The molecule has 0 saturated heterocycles. The summed E-state index contributed by atoms with van der Waals surface area (Å²) in [4.78, 5) is 12.0. The molecule has 1 aromatic rings. The number of rotatable bonds is 6. The van der Waals surface area contributed by atoms with Gasteiger partial charge in [0.25, 0.3) is 0 Å². The number of amides is 1. The van der Waals surface area contributed by atoms with Crippen LogP contribution in [0, 0.1) is 0 Å². The molecule has 0 radical (unpaired) electrons. The number of aryl methyl sites for hydroxylation is 1. The molecule has 0 unspecified atom stereocenters. The smallest absolute Gasteiger partial charge is 0.240 e. The van der Waals surface area contributed by atoms with Gasteiger partial charge in [0.2, 0.25) is 15.9 Å². The number of benzene rings is 1. The van der Waals surface area contributed by atoms with Crippen molar-refractivity contribution in [1.29, 1.82) is 0 Å². The van der Waals surface area contributed by atoms with E-state index in [0.717, 1.165) is 5.56 Å². The molecule has 0 bridgehead atoms. The van der Waals surface area contributed by atoms with Gasteiger partial charge >= 0.3 is 0 Å². The van der Waals surface area contributed by atoms with E-state index in [4.69, 9.17) is 0 Å². The van der Waals surface area contributed by atoms with Crippen LogP contribution in [0.15, 0.2) is 29.2 Å². The van der Waals surface area contributed by atoms with Crippen LogP contribution in [0.4, 0.5) is 0 Å². The van der Waals surface area contributed by atoms with Crippen LogP contribution < -0.4 is 10.0 Å². The molecule has 6 heteroatoms. The summed E-state index contributed by atoms with van der Waals surface area (Å²) in [6.45, 7) is 9.37. The molecular formula is C16H26N2O3S. The quantitative estimate of drug-likeness (QED) is 0.841. The van der Waals surface area contributed by atoms with Crippen molar-refractivity contribution in [3.8, 4) is 0 Å². The van der Waals surface area contributed by atoms with Crippen molar-refractivity contribution in [3.63, 3.8) is 0 Å². The van der Waals surface area contributed by atoms with Crippen LogP contribution in [0.25, 0.3) is 0 Å². The van der Waals surface area contributed by atoms with Gasteiger partial charge in [-0.3, -0.25) is 4.79 Å². The maximum atomic E-state index is 12.0. The third kappa shape index (κ3) is 6.58. The van der Waals surface area contributed by atoms with E-state index in [9.17, 15) is 13.2 Å². The zero-order chi connectivity index (χ0) is 17.0. The highest BCUT2D eigenvalue weighted by atomic mass is 32.2. The topological polar surface area (TPSA) is 75.3 Å². The summed E-state index contributed by atoms with van der Waals surface area (Å²) in [6, 6.07) is 6.49. The molecule has 0 aromatic heterocycles. The normalized spacial score (nSPS) is 12.5. The fraction of sp³-hybridized carbons (Fsp3) is 0.562.